The van der Waals surface area contributed by atoms with E-state index in [0.29, 0.717) is 23.7 Å². The second kappa shape index (κ2) is 7.29. The predicted octanol–water partition coefficient (Wildman–Crippen LogP) is 2.21. The van der Waals surface area contributed by atoms with Gasteiger partial charge >= 0.3 is 0 Å². The minimum Gasteiger partial charge on any atom is -0.423 e. The van der Waals surface area contributed by atoms with Crippen molar-refractivity contribution in [1.82, 2.24) is 15.2 Å². The number of anilines is 1. The van der Waals surface area contributed by atoms with Crippen molar-refractivity contribution in [3.05, 3.63) is 59.7 Å². The second-order valence-corrected chi connectivity index (χ2v) is 7.50. The number of nitrogens with one attached hydrogen (secondary N) is 1. The van der Waals surface area contributed by atoms with Crippen LogP contribution in [0.3, 0.4) is 0 Å². The molecule has 1 fully saturated rings. The molecule has 0 saturated carbocycles. The summed E-state index contributed by atoms with van der Waals surface area (Å²) in [5, 5.41) is 2.86. The first-order valence-corrected chi connectivity index (χ1v) is 9.96. The van der Waals surface area contributed by atoms with Crippen LogP contribution in [0.15, 0.2) is 52.9 Å². The van der Waals surface area contributed by atoms with Crippen LogP contribution in [-0.2, 0) is 4.79 Å². The third-order valence-electron chi connectivity index (χ3n) is 5.62. The predicted molar refractivity (Wildman–Crippen MR) is 109 cm³/mol. The zero-order chi connectivity index (χ0) is 20.7. The Bertz CT molecular complexity index is 1090. The van der Waals surface area contributed by atoms with E-state index in [9.17, 15) is 14.4 Å². The van der Waals surface area contributed by atoms with Crippen molar-refractivity contribution >= 4 is 34.8 Å². The molecule has 152 valence electrons. The van der Waals surface area contributed by atoms with Crippen LogP contribution in [0.25, 0.3) is 11.1 Å². The van der Waals surface area contributed by atoms with Crippen LogP contribution >= 0.6 is 0 Å². The van der Waals surface area contributed by atoms with Gasteiger partial charge in [-0.25, -0.2) is 0 Å². The van der Waals surface area contributed by atoms with Gasteiger partial charge in [-0.3, -0.25) is 19.3 Å². The first-order valence-electron chi connectivity index (χ1n) is 9.96. The largest absolute Gasteiger partial charge is 0.423 e. The number of amides is 3. The first-order chi connectivity index (χ1) is 14.6. The quantitative estimate of drug-likeness (QED) is 0.655. The molecule has 0 spiro atoms. The van der Waals surface area contributed by atoms with E-state index in [4.69, 9.17) is 4.42 Å². The molecule has 3 heterocycles. The van der Waals surface area contributed by atoms with E-state index in [0.717, 1.165) is 35.4 Å². The average molecular weight is 404 g/mol. The maximum absolute atomic E-state index is 12.5. The summed E-state index contributed by atoms with van der Waals surface area (Å²) in [6.45, 7) is 0.897. The molecule has 1 N–H and O–H groups in total. The molecule has 5 rings (SSSR count). The lowest BCUT2D eigenvalue weighted by Crippen LogP contribution is -2.45. The molecule has 1 saturated heterocycles. The number of nitrogens with zero attached hydrogens (tertiary/aromatic N) is 3. The van der Waals surface area contributed by atoms with Crippen molar-refractivity contribution in [2.24, 2.45) is 0 Å². The molecule has 0 radical (unpaired) electrons. The van der Waals surface area contributed by atoms with Gasteiger partial charge in [0.2, 0.25) is 5.91 Å². The van der Waals surface area contributed by atoms with E-state index in [1.54, 1.807) is 24.3 Å². The van der Waals surface area contributed by atoms with E-state index < -0.39 is 11.8 Å². The Morgan fingerprint density at radius 3 is 2.50 bits per heavy atom. The number of imide groups is 1. The molecule has 0 aliphatic carbocycles. The summed E-state index contributed by atoms with van der Waals surface area (Å²) < 4.78 is 5.87. The highest BCUT2D eigenvalue weighted by atomic mass is 16.4. The Hall–Kier alpha value is -3.68. The highest BCUT2D eigenvalue weighted by Crippen LogP contribution is 2.28. The SMILES string of the molecule is O=C(CN1C(=O)c2ccccc2C1=O)NCC1CCCN1c1nc2ccccc2o1. The number of para-hydroxylation sites is 2. The molecule has 30 heavy (non-hydrogen) atoms. The van der Waals surface area contributed by atoms with Crippen molar-refractivity contribution in [3.63, 3.8) is 0 Å². The Morgan fingerprint density at radius 2 is 1.77 bits per heavy atom. The minimum atomic E-state index is -0.431. The van der Waals surface area contributed by atoms with E-state index in [1.807, 2.05) is 24.3 Å². The molecule has 8 heteroatoms. The molecule has 2 aromatic carbocycles. The summed E-state index contributed by atoms with van der Waals surface area (Å²) in [6, 6.07) is 14.8. The summed E-state index contributed by atoms with van der Waals surface area (Å²) in [4.78, 5) is 44.9. The molecule has 2 aliphatic heterocycles. The van der Waals surface area contributed by atoms with Crippen LogP contribution in [0.1, 0.15) is 33.6 Å². The van der Waals surface area contributed by atoms with Crippen LogP contribution in [0.4, 0.5) is 6.01 Å². The van der Waals surface area contributed by atoms with Crippen molar-refractivity contribution in [1.29, 1.82) is 0 Å². The van der Waals surface area contributed by atoms with Crippen LogP contribution in [-0.4, -0.2) is 53.3 Å². The zero-order valence-electron chi connectivity index (χ0n) is 16.2. The molecular weight excluding hydrogens is 384 g/mol. The van der Waals surface area contributed by atoms with E-state index >= 15 is 0 Å². The molecular formula is C22H20N4O4. The van der Waals surface area contributed by atoms with Crippen molar-refractivity contribution in [2.75, 3.05) is 24.5 Å². The van der Waals surface area contributed by atoms with Gasteiger partial charge in [0, 0.05) is 13.1 Å². The lowest BCUT2D eigenvalue weighted by atomic mass is 10.1. The molecule has 1 atom stereocenters. The van der Waals surface area contributed by atoms with E-state index in [2.05, 4.69) is 15.2 Å². The molecule has 0 bridgehead atoms. The third kappa shape index (κ3) is 3.10. The second-order valence-electron chi connectivity index (χ2n) is 7.50. The molecule has 3 amide bonds. The monoisotopic (exact) mass is 404 g/mol. The van der Waals surface area contributed by atoms with Crippen LogP contribution in [0.2, 0.25) is 0 Å². The topological polar surface area (TPSA) is 95.8 Å². The number of hydrogen-bond acceptors (Lipinski definition) is 6. The van der Waals surface area contributed by atoms with E-state index in [-0.39, 0.29) is 18.5 Å². The average Bonchev–Trinajstić information content (AvgIpc) is 3.46. The van der Waals surface area contributed by atoms with Gasteiger partial charge < -0.3 is 14.6 Å². The number of fused-ring (bicyclic) bond motifs is 2. The summed E-state index contributed by atoms with van der Waals surface area (Å²) in [5.74, 6) is -1.23. The Labute approximate surface area is 172 Å². The lowest BCUT2D eigenvalue weighted by Gasteiger charge is -2.23. The van der Waals surface area contributed by atoms with Crippen molar-refractivity contribution in [3.8, 4) is 0 Å². The number of aromatic nitrogens is 1. The normalized spacial score (nSPS) is 18.3. The van der Waals surface area contributed by atoms with Crippen LogP contribution in [0, 0.1) is 0 Å². The van der Waals surface area contributed by atoms with Gasteiger partial charge in [0.05, 0.1) is 17.2 Å². The van der Waals surface area contributed by atoms with Crippen LogP contribution < -0.4 is 10.2 Å². The molecule has 1 aromatic heterocycles. The Morgan fingerprint density at radius 1 is 1.07 bits per heavy atom. The Balaban J connectivity index is 1.22. The van der Waals surface area contributed by atoms with E-state index in [1.165, 1.54) is 0 Å². The Kier molecular flexibility index (Phi) is 4.46. The lowest BCUT2D eigenvalue weighted by molar-refractivity contribution is -0.121. The highest BCUT2D eigenvalue weighted by molar-refractivity contribution is 6.22. The summed E-state index contributed by atoms with van der Waals surface area (Å²) in [7, 11) is 0. The van der Waals surface area contributed by atoms with Gasteiger partial charge in [0.15, 0.2) is 5.58 Å². The van der Waals surface area contributed by atoms with Gasteiger partial charge in [-0.15, -0.1) is 0 Å². The molecule has 1 unspecified atom stereocenters. The third-order valence-corrected chi connectivity index (χ3v) is 5.62. The molecule has 3 aromatic rings. The van der Waals surface area contributed by atoms with Gasteiger partial charge in [-0.2, -0.15) is 4.98 Å². The first kappa shape index (κ1) is 18.4. The van der Waals surface area contributed by atoms with Gasteiger partial charge in [0.25, 0.3) is 17.8 Å². The van der Waals surface area contributed by atoms with Gasteiger partial charge in [-0.05, 0) is 37.1 Å². The smallest absolute Gasteiger partial charge is 0.298 e. The molecule has 8 nitrogen and oxygen atoms in total. The van der Waals surface area contributed by atoms with Gasteiger partial charge in [0.1, 0.15) is 12.1 Å². The number of hydrogen-bond donors (Lipinski definition) is 1. The fraction of sp³-hybridized carbons (Fsp3) is 0.273. The number of carbonyl (C=O) groups is 3. The van der Waals surface area contributed by atoms with Crippen LogP contribution in [0.5, 0.6) is 0 Å². The minimum absolute atomic E-state index is 0.0455. The standard InChI is InChI=1S/C22H20N4O4/c27-19(13-26-20(28)15-7-1-2-8-16(15)21(26)29)23-12-14-6-5-11-25(14)22-24-17-9-3-4-10-18(17)30-22/h1-4,7-10,14H,5-6,11-13H2,(H,23,27). The summed E-state index contributed by atoms with van der Waals surface area (Å²) in [6.07, 6.45) is 1.86. The fourth-order valence-electron chi connectivity index (χ4n) is 4.10. The maximum Gasteiger partial charge on any atom is 0.298 e. The van der Waals surface area contributed by atoms with Crippen molar-refractivity contribution < 1.29 is 18.8 Å². The molecule has 2 aliphatic rings. The fourth-order valence-corrected chi connectivity index (χ4v) is 4.10. The maximum atomic E-state index is 12.5. The summed E-state index contributed by atoms with van der Waals surface area (Å²) in [5.41, 5.74) is 2.21. The van der Waals surface area contributed by atoms with Gasteiger partial charge in [-0.1, -0.05) is 24.3 Å². The zero-order valence-corrected chi connectivity index (χ0v) is 16.2. The summed E-state index contributed by atoms with van der Waals surface area (Å²) >= 11 is 0. The number of carbonyl (C=O) groups excluding carboxylic acids is 3. The number of rotatable bonds is 5. The number of oxazole rings is 1. The highest BCUT2D eigenvalue weighted by Gasteiger charge is 2.36. The van der Waals surface area contributed by atoms with Crippen molar-refractivity contribution in [2.45, 2.75) is 18.9 Å². The number of benzene rings is 2.